The van der Waals surface area contributed by atoms with Gasteiger partial charge in [0.05, 0.1) is 11.5 Å². The fourth-order valence-corrected chi connectivity index (χ4v) is 5.14. The Kier molecular flexibility index (Phi) is 7.29. The van der Waals surface area contributed by atoms with Crippen LogP contribution in [-0.2, 0) is 11.0 Å². The summed E-state index contributed by atoms with van der Waals surface area (Å²) in [6, 6.07) is 2.49. The van der Waals surface area contributed by atoms with Gasteiger partial charge in [0.25, 0.3) is 0 Å². The van der Waals surface area contributed by atoms with Crippen LogP contribution in [0, 0.1) is 5.92 Å². The maximum atomic E-state index is 13.4. The number of carbonyl (C=O) groups excluding carboxylic acids is 2. The van der Waals surface area contributed by atoms with Gasteiger partial charge < -0.3 is 20.0 Å². The lowest BCUT2D eigenvalue weighted by Gasteiger charge is -2.40. The highest BCUT2D eigenvalue weighted by Gasteiger charge is 2.38. The average Bonchev–Trinajstić information content (AvgIpc) is 2.84. The van der Waals surface area contributed by atoms with Gasteiger partial charge in [0, 0.05) is 51.5 Å². The van der Waals surface area contributed by atoms with E-state index < -0.39 is 11.7 Å². The number of rotatable bonds is 3. The maximum absolute atomic E-state index is 13.4. The second-order valence-electron chi connectivity index (χ2n) is 9.25. The molecule has 0 radical (unpaired) electrons. The normalized spacial score (nSPS) is 22.9. The molecule has 1 unspecified atom stereocenters. The van der Waals surface area contributed by atoms with Crippen LogP contribution in [0.4, 0.5) is 23.8 Å². The smallest absolute Gasteiger partial charge is 0.355 e. The Bertz CT molecular complexity index is 836. The predicted octanol–water partition coefficient (Wildman–Crippen LogP) is 3.50. The number of aromatic nitrogens is 1. The number of hydrogen-bond donors (Lipinski definition) is 1. The SMILES string of the molecule is O=C(NC1CCCCC1)N1CCN(C(=O)C2CCCN(c3ncccc3C(F)(F)F)C2)CC1. The van der Waals surface area contributed by atoms with Crippen LogP contribution in [-0.4, -0.2) is 72.0 Å². The molecule has 1 atom stereocenters. The molecule has 1 aromatic heterocycles. The Hall–Kier alpha value is -2.52. The van der Waals surface area contributed by atoms with Crippen molar-refractivity contribution in [2.75, 3.05) is 44.2 Å². The van der Waals surface area contributed by atoms with Gasteiger partial charge in [-0.25, -0.2) is 9.78 Å². The number of piperidine rings is 1. The lowest BCUT2D eigenvalue weighted by Crippen LogP contribution is -2.56. The van der Waals surface area contributed by atoms with Gasteiger partial charge in [0.2, 0.25) is 5.91 Å². The number of nitrogens with zero attached hydrogens (tertiary/aromatic N) is 4. The monoisotopic (exact) mass is 467 g/mol. The standard InChI is InChI=1S/C23H32F3N5O2/c24-23(25,26)19-9-4-10-27-20(19)31-11-5-6-17(16-31)21(32)29-12-14-30(15-13-29)22(33)28-18-7-2-1-3-8-18/h4,9-10,17-18H,1-3,5-8,11-16H2,(H,28,33). The predicted molar refractivity (Wildman–Crippen MR) is 118 cm³/mol. The van der Waals surface area contributed by atoms with E-state index in [1.807, 2.05) is 0 Å². The third-order valence-corrected chi connectivity index (χ3v) is 6.97. The van der Waals surface area contributed by atoms with E-state index >= 15 is 0 Å². The second-order valence-corrected chi connectivity index (χ2v) is 9.25. The van der Waals surface area contributed by atoms with E-state index in [9.17, 15) is 22.8 Å². The number of amides is 3. The Balaban J connectivity index is 1.31. The summed E-state index contributed by atoms with van der Waals surface area (Å²) >= 11 is 0. The fraction of sp³-hybridized carbons (Fsp3) is 0.696. The van der Waals surface area contributed by atoms with Crippen molar-refractivity contribution in [1.82, 2.24) is 20.1 Å². The van der Waals surface area contributed by atoms with E-state index in [1.54, 1.807) is 14.7 Å². The maximum Gasteiger partial charge on any atom is 0.419 e. The Labute approximate surface area is 192 Å². The molecule has 1 aromatic rings. The minimum Gasteiger partial charge on any atom is -0.355 e. The van der Waals surface area contributed by atoms with E-state index in [0.29, 0.717) is 45.6 Å². The zero-order chi connectivity index (χ0) is 23.4. The van der Waals surface area contributed by atoms with Crippen molar-refractivity contribution < 1.29 is 22.8 Å². The summed E-state index contributed by atoms with van der Waals surface area (Å²) in [4.78, 5) is 34.8. The third-order valence-electron chi connectivity index (χ3n) is 6.97. The molecule has 4 rings (SSSR count). The molecule has 2 aliphatic heterocycles. The van der Waals surface area contributed by atoms with Crippen molar-refractivity contribution in [1.29, 1.82) is 0 Å². The molecule has 3 aliphatic rings. The first-order chi connectivity index (χ1) is 15.8. The van der Waals surface area contributed by atoms with Gasteiger partial charge in [-0.1, -0.05) is 19.3 Å². The highest BCUT2D eigenvalue weighted by atomic mass is 19.4. The summed E-state index contributed by atoms with van der Waals surface area (Å²) in [5.74, 6) is -0.521. The van der Waals surface area contributed by atoms with Crippen molar-refractivity contribution >= 4 is 17.8 Å². The molecule has 1 aliphatic carbocycles. The first kappa shape index (κ1) is 23.6. The number of urea groups is 1. The number of piperazine rings is 1. The quantitative estimate of drug-likeness (QED) is 0.739. The molecule has 0 bridgehead atoms. The molecule has 2 saturated heterocycles. The van der Waals surface area contributed by atoms with Crippen molar-refractivity contribution in [3.8, 4) is 0 Å². The fourth-order valence-electron chi connectivity index (χ4n) is 5.14. The van der Waals surface area contributed by atoms with Crippen LogP contribution in [0.3, 0.4) is 0 Å². The molecular weight excluding hydrogens is 435 g/mol. The summed E-state index contributed by atoms with van der Waals surface area (Å²) in [6.45, 7) is 2.51. The van der Waals surface area contributed by atoms with Crippen LogP contribution in [0.1, 0.15) is 50.5 Å². The molecule has 3 amide bonds. The summed E-state index contributed by atoms with van der Waals surface area (Å²) < 4.78 is 40.3. The van der Waals surface area contributed by atoms with Crippen LogP contribution >= 0.6 is 0 Å². The minimum absolute atomic E-state index is 0.0449. The second kappa shape index (κ2) is 10.2. The zero-order valence-corrected chi connectivity index (χ0v) is 18.8. The van der Waals surface area contributed by atoms with E-state index in [0.717, 1.165) is 31.7 Å². The van der Waals surface area contributed by atoms with Gasteiger partial charge in [-0.05, 0) is 37.8 Å². The van der Waals surface area contributed by atoms with Gasteiger partial charge in [-0.2, -0.15) is 13.2 Å². The molecule has 1 N–H and O–H groups in total. The minimum atomic E-state index is -4.49. The Morgan fingerprint density at radius 1 is 0.939 bits per heavy atom. The molecule has 0 spiro atoms. The Morgan fingerprint density at radius 3 is 2.33 bits per heavy atom. The van der Waals surface area contributed by atoms with E-state index in [4.69, 9.17) is 0 Å². The number of alkyl halides is 3. The molecule has 10 heteroatoms. The average molecular weight is 468 g/mol. The molecule has 0 aromatic carbocycles. The van der Waals surface area contributed by atoms with Gasteiger partial charge >= 0.3 is 12.2 Å². The first-order valence-corrected chi connectivity index (χ1v) is 11.9. The summed E-state index contributed by atoms with van der Waals surface area (Å²) in [6.07, 6.45) is 3.71. The van der Waals surface area contributed by atoms with Crippen LogP contribution in [0.2, 0.25) is 0 Å². The van der Waals surface area contributed by atoms with Crippen molar-refractivity contribution in [3.05, 3.63) is 23.9 Å². The lowest BCUT2D eigenvalue weighted by atomic mass is 9.95. The van der Waals surface area contributed by atoms with Crippen molar-refractivity contribution in [2.24, 2.45) is 5.92 Å². The largest absolute Gasteiger partial charge is 0.419 e. The Morgan fingerprint density at radius 2 is 1.64 bits per heavy atom. The number of carbonyl (C=O) groups is 2. The van der Waals surface area contributed by atoms with Gasteiger partial charge in [0.15, 0.2) is 0 Å². The summed E-state index contributed by atoms with van der Waals surface area (Å²) in [5, 5.41) is 3.12. The topological polar surface area (TPSA) is 68.8 Å². The zero-order valence-electron chi connectivity index (χ0n) is 18.8. The number of nitrogens with one attached hydrogen (secondary N) is 1. The molecule has 7 nitrogen and oxygen atoms in total. The van der Waals surface area contributed by atoms with Crippen LogP contribution in [0.25, 0.3) is 0 Å². The number of hydrogen-bond acceptors (Lipinski definition) is 4. The number of anilines is 1. The van der Waals surface area contributed by atoms with E-state index in [-0.39, 0.29) is 36.3 Å². The van der Waals surface area contributed by atoms with Gasteiger partial charge in [-0.3, -0.25) is 4.79 Å². The number of pyridine rings is 1. The third kappa shape index (κ3) is 5.70. The van der Waals surface area contributed by atoms with Crippen molar-refractivity contribution in [2.45, 2.75) is 57.2 Å². The molecule has 182 valence electrons. The lowest BCUT2D eigenvalue weighted by molar-refractivity contribution is -0.137. The van der Waals surface area contributed by atoms with Gasteiger partial charge in [0.1, 0.15) is 5.82 Å². The first-order valence-electron chi connectivity index (χ1n) is 11.9. The van der Waals surface area contributed by atoms with E-state index in [1.165, 1.54) is 18.7 Å². The van der Waals surface area contributed by atoms with Crippen molar-refractivity contribution in [3.63, 3.8) is 0 Å². The summed E-state index contributed by atoms with van der Waals surface area (Å²) in [5.41, 5.74) is -0.768. The summed E-state index contributed by atoms with van der Waals surface area (Å²) in [7, 11) is 0. The molecule has 1 saturated carbocycles. The van der Waals surface area contributed by atoms with Crippen LogP contribution < -0.4 is 10.2 Å². The molecule has 3 fully saturated rings. The molecule has 3 heterocycles. The highest BCUT2D eigenvalue weighted by Crippen LogP contribution is 2.36. The molecular formula is C23H32F3N5O2. The van der Waals surface area contributed by atoms with Crippen LogP contribution in [0.15, 0.2) is 18.3 Å². The van der Waals surface area contributed by atoms with E-state index in [2.05, 4.69) is 10.3 Å². The number of halogens is 3. The molecule has 33 heavy (non-hydrogen) atoms. The highest BCUT2D eigenvalue weighted by molar-refractivity contribution is 5.80. The van der Waals surface area contributed by atoms with Crippen LogP contribution in [0.5, 0.6) is 0 Å². The van der Waals surface area contributed by atoms with Gasteiger partial charge in [-0.15, -0.1) is 0 Å².